The number of carbonyl (C=O) groups excluding carboxylic acids is 2. The number of aromatic nitrogens is 2. The lowest BCUT2D eigenvalue weighted by atomic mass is 10.00. The molecule has 1 N–H and O–H groups in total. The number of nitrogens with one attached hydrogen (secondary N) is 1. The molecular weight excluding hydrogens is 374 g/mol. The molecule has 0 bridgehead atoms. The van der Waals surface area contributed by atoms with Crippen molar-refractivity contribution in [1.29, 1.82) is 0 Å². The fourth-order valence-corrected chi connectivity index (χ4v) is 3.66. The number of carbonyl (C=O) groups is 2. The van der Waals surface area contributed by atoms with Gasteiger partial charge in [0.15, 0.2) is 0 Å². The number of imide groups is 1. The van der Waals surface area contributed by atoms with Crippen molar-refractivity contribution >= 4 is 29.5 Å². The number of hydrogen-bond acceptors (Lipinski definition) is 5. The maximum absolute atomic E-state index is 12.5. The van der Waals surface area contributed by atoms with E-state index in [9.17, 15) is 9.59 Å². The van der Waals surface area contributed by atoms with Gasteiger partial charge in [0.05, 0.1) is 16.8 Å². The molecule has 0 aliphatic carbocycles. The number of amides is 3. The van der Waals surface area contributed by atoms with Crippen LogP contribution in [-0.4, -0.2) is 38.5 Å². The predicted molar refractivity (Wildman–Crippen MR) is 109 cm³/mol. The van der Waals surface area contributed by atoms with Gasteiger partial charge in [-0.1, -0.05) is 31.2 Å². The van der Waals surface area contributed by atoms with E-state index in [2.05, 4.69) is 15.5 Å². The summed E-state index contributed by atoms with van der Waals surface area (Å²) in [6, 6.07) is 13.1. The van der Waals surface area contributed by atoms with Crippen LogP contribution in [0, 0.1) is 0 Å². The Hall–Kier alpha value is -3.26. The van der Waals surface area contributed by atoms with E-state index in [0.29, 0.717) is 6.42 Å². The van der Waals surface area contributed by atoms with Gasteiger partial charge in [-0.15, -0.1) is 16.3 Å². The molecule has 3 heterocycles. The number of para-hydroxylation sites is 1. The first kappa shape index (κ1) is 18.1. The van der Waals surface area contributed by atoms with Gasteiger partial charge in [-0.3, -0.25) is 4.79 Å². The van der Waals surface area contributed by atoms with Crippen LogP contribution in [0.25, 0.3) is 16.3 Å². The highest BCUT2D eigenvalue weighted by Gasteiger charge is 2.46. The van der Waals surface area contributed by atoms with Crippen LogP contribution in [0.3, 0.4) is 0 Å². The average Bonchev–Trinajstić information content (AvgIpc) is 3.41. The van der Waals surface area contributed by atoms with Gasteiger partial charge in [-0.2, -0.15) is 10.2 Å². The minimum atomic E-state index is -0.917. The predicted octanol–water partition coefficient (Wildman–Crippen LogP) is 3.66. The molecule has 8 heteroatoms. The second kappa shape index (κ2) is 7.05. The molecule has 2 aromatic heterocycles. The lowest BCUT2D eigenvalue weighted by molar-refractivity contribution is -0.130. The van der Waals surface area contributed by atoms with E-state index in [-0.39, 0.29) is 5.91 Å². The quantitative estimate of drug-likeness (QED) is 0.531. The van der Waals surface area contributed by atoms with Gasteiger partial charge in [0.2, 0.25) is 0 Å². The first-order valence-electron chi connectivity index (χ1n) is 8.91. The van der Waals surface area contributed by atoms with Crippen molar-refractivity contribution in [1.82, 2.24) is 20.1 Å². The molecule has 1 aliphatic heterocycles. The molecule has 1 fully saturated rings. The molecule has 1 saturated heterocycles. The molecule has 3 aromatic rings. The van der Waals surface area contributed by atoms with Crippen molar-refractivity contribution in [3.8, 4) is 16.3 Å². The number of nitrogens with zero attached hydrogens (tertiary/aromatic N) is 4. The number of hydrogen-bond donors (Lipinski definition) is 1. The Morgan fingerprint density at radius 2 is 2.00 bits per heavy atom. The molecule has 1 aromatic carbocycles. The fourth-order valence-electron chi connectivity index (χ4n) is 2.93. The van der Waals surface area contributed by atoms with Crippen LogP contribution in [0.4, 0.5) is 4.79 Å². The van der Waals surface area contributed by atoms with Gasteiger partial charge < -0.3 is 5.32 Å². The Balaban J connectivity index is 1.71. The van der Waals surface area contributed by atoms with E-state index >= 15 is 0 Å². The Bertz CT molecular complexity index is 1040. The summed E-state index contributed by atoms with van der Waals surface area (Å²) >= 11 is 1.56. The maximum Gasteiger partial charge on any atom is 0.346 e. The van der Waals surface area contributed by atoms with E-state index in [1.165, 1.54) is 6.21 Å². The zero-order valence-electron chi connectivity index (χ0n) is 15.5. The minimum absolute atomic E-state index is 0.357. The van der Waals surface area contributed by atoms with Gasteiger partial charge in [-0.25, -0.2) is 9.48 Å². The van der Waals surface area contributed by atoms with E-state index in [1.54, 1.807) is 22.9 Å². The summed E-state index contributed by atoms with van der Waals surface area (Å²) < 4.78 is 1.76. The average molecular weight is 393 g/mol. The number of benzene rings is 1. The summed E-state index contributed by atoms with van der Waals surface area (Å²) in [5, 5.41) is 14.4. The smallest absolute Gasteiger partial charge is 0.322 e. The number of rotatable bonds is 5. The summed E-state index contributed by atoms with van der Waals surface area (Å²) in [4.78, 5) is 25.7. The highest BCUT2D eigenvalue weighted by molar-refractivity contribution is 7.13. The molecule has 7 nitrogen and oxygen atoms in total. The van der Waals surface area contributed by atoms with Crippen molar-refractivity contribution in [2.75, 3.05) is 0 Å². The molecule has 0 spiro atoms. The van der Waals surface area contributed by atoms with E-state index in [4.69, 9.17) is 0 Å². The molecule has 3 amide bonds. The standard InChI is InChI=1S/C20H19N5O2S/c1-3-20(2)18(26)25(19(27)22-20)21-12-14-13-24(15-8-5-4-6-9-15)23-17(14)16-10-7-11-28-16/h4-13H,3H2,1-2H3,(H,22,27)/b21-12-/t20-/m0/s1. The zero-order valence-corrected chi connectivity index (χ0v) is 16.3. The Morgan fingerprint density at radius 1 is 1.21 bits per heavy atom. The van der Waals surface area contributed by atoms with E-state index in [1.807, 2.05) is 61.0 Å². The number of thiophene rings is 1. The van der Waals surface area contributed by atoms with Crippen molar-refractivity contribution in [2.24, 2.45) is 5.10 Å². The van der Waals surface area contributed by atoms with Gasteiger partial charge in [0.25, 0.3) is 5.91 Å². The van der Waals surface area contributed by atoms with Crippen molar-refractivity contribution in [2.45, 2.75) is 25.8 Å². The van der Waals surface area contributed by atoms with Gasteiger partial charge in [-0.05, 0) is 36.9 Å². The molecule has 1 aliphatic rings. The first-order chi connectivity index (χ1) is 13.5. The first-order valence-corrected chi connectivity index (χ1v) is 9.79. The molecular formula is C20H19N5O2S. The lowest BCUT2D eigenvalue weighted by Gasteiger charge is -2.17. The second-order valence-electron chi connectivity index (χ2n) is 6.67. The van der Waals surface area contributed by atoms with Crippen LogP contribution in [0.15, 0.2) is 59.1 Å². The lowest BCUT2D eigenvalue weighted by Crippen LogP contribution is -2.42. The summed E-state index contributed by atoms with van der Waals surface area (Å²) in [7, 11) is 0. The summed E-state index contributed by atoms with van der Waals surface area (Å²) in [6.45, 7) is 3.55. The Labute approximate surface area is 166 Å². The van der Waals surface area contributed by atoms with Crippen LogP contribution < -0.4 is 5.32 Å². The van der Waals surface area contributed by atoms with Crippen LogP contribution in [0.1, 0.15) is 25.8 Å². The van der Waals surface area contributed by atoms with Crippen molar-refractivity contribution < 1.29 is 9.59 Å². The van der Waals surface area contributed by atoms with Gasteiger partial charge in [0, 0.05) is 11.8 Å². The van der Waals surface area contributed by atoms with E-state index < -0.39 is 11.6 Å². The zero-order chi connectivity index (χ0) is 19.7. The summed E-state index contributed by atoms with van der Waals surface area (Å²) in [5.41, 5.74) is 1.46. The maximum atomic E-state index is 12.5. The van der Waals surface area contributed by atoms with Gasteiger partial charge in [0.1, 0.15) is 11.2 Å². The highest BCUT2D eigenvalue weighted by Crippen LogP contribution is 2.27. The Kier molecular flexibility index (Phi) is 4.56. The van der Waals surface area contributed by atoms with Crippen molar-refractivity contribution in [3.05, 3.63) is 59.6 Å². The van der Waals surface area contributed by atoms with Crippen LogP contribution in [-0.2, 0) is 4.79 Å². The third kappa shape index (κ3) is 3.11. The molecule has 28 heavy (non-hydrogen) atoms. The monoisotopic (exact) mass is 393 g/mol. The minimum Gasteiger partial charge on any atom is -0.322 e. The van der Waals surface area contributed by atoms with Gasteiger partial charge >= 0.3 is 6.03 Å². The fraction of sp³-hybridized carbons (Fsp3) is 0.200. The SMILES string of the molecule is CC[C@]1(C)NC(=O)N(/N=C\c2cn(-c3ccccc3)nc2-c2cccs2)C1=O. The largest absolute Gasteiger partial charge is 0.346 e. The number of hydrazone groups is 1. The molecule has 4 rings (SSSR count). The number of urea groups is 1. The van der Waals surface area contributed by atoms with E-state index in [0.717, 1.165) is 26.8 Å². The second-order valence-corrected chi connectivity index (χ2v) is 7.62. The Morgan fingerprint density at radius 3 is 2.64 bits per heavy atom. The summed E-state index contributed by atoms with van der Waals surface area (Å²) in [6.07, 6.45) is 3.85. The third-order valence-electron chi connectivity index (χ3n) is 4.78. The molecule has 142 valence electrons. The molecule has 0 saturated carbocycles. The highest BCUT2D eigenvalue weighted by atomic mass is 32.1. The normalized spacial score (nSPS) is 19.6. The molecule has 0 unspecified atom stereocenters. The van der Waals surface area contributed by atoms with Crippen LogP contribution in [0.5, 0.6) is 0 Å². The van der Waals surface area contributed by atoms with Crippen molar-refractivity contribution in [3.63, 3.8) is 0 Å². The topological polar surface area (TPSA) is 79.6 Å². The van der Waals surface area contributed by atoms with Crippen LogP contribution in [0.2, 0.25) is 0 Å². The van der Waals surface area contributed by atoms with Crippen LogP contribution >= 0.6 is 11.3 Å². The summed E-state index contributed by atoms with van der Waals surface area (Å²) in [5.74, 6) is -0.357. The molecule has 1 atom stereocenters. The molecule has 0 radical (unpaired) electrons. The third-order valence-corrected chi connectivity index (χ3v) is 5.65.